The van der Waals surface area contributed by atoms with E-state index in [0.717, 1.165) is 0 Å². The van der Waals surface area contributed by atoms with Crippen molar-refractivity contribution in [3.63, 3.8) is 0 Å². The summed E-state index contributed by atoms with van der Waals surface area (Å²) in [6.07, 6.45) is 0. The average molecular weight is 286 g/mol. The second kappa shape index (κ2) is 4.20. The third-order valence-electron chi connectivity index (χ3n) is 1.83. The van der Waals surface area contributed by atoms with Crippen molar-refractivity contribution in [3.05, 3.63) is 51.2 Å². The molecule has 0 spiro atoms. The van der Waals surface area contributed by atoms with Crippen molar-refractivity contribution >= 4 is 33.2 Å². The van der Waals surface area contributed by atoms with Crippen molar-refractivity contribution in [3.8, 4) is 0 Å². The minimum Gasteiger partial charge on any atom is -0.287 e. The summed E-state index contributed by atoms with van der Waals surface area (Å²) >= 11 is 4.40. The molecule has 0 amide bonds. The Morgan fingerprint density at radius 1 is 1.47 bits per heavy atom. The minimum atomic E-state index is -0.424. The van der Waals surface area contributed by atoms with Crippen LogP contribution in [-0.2, 0) is 0 Å². The van der Waals surface area contributed by atoms with E-state index in [1.54, 1.807) is 11.4 Å². The first-order valence-electron chi connectivity index (χ1n) is 4.08. The van der Waals surface area contributed by atoms with E-state index in [4.69, 9.17) is 0 Å². The van der Waals surface area contributed by atoms with Crippen LogP contribution in [0.5, 0.6) is 0 Å². The van der Waals surface area contributed by atoms with Crippen molar-refractivity contribution < 1.29 is 9.18 Å². The highest BCUT2D eigenvalue weighted by Crippen LogP contribution is 2.21. The summed E-state index contributed by atoms with van der Waals surface area (Å²) in [6, 6.07) is 5.57. The second-order valence-corrected chi connectivity index (χ2v) is 4.33. The molecule has 1 aromatic heterocycles. The zero-order chi connectivity index (χ0) is 10.8. The highest BCUT2D eigenvalue weighted by Gasteiger charge is 2.15. The number of hydrogen-bond donors (Lipinski definition) is 0. The molecule has 0 saturated heterocycles. The maximum absolute atomic E-state index is 12.9. The summed E-state index contributed by atoms with van der Waals surface area (Å²) in [4.78, 5) is 11.8. The molecule has 5 heteroatoms. The summed E-state index contributed by atoms with van der Waals surface area (Å²) in [5.41, 5.74) is 0.632. The van der Waals surface area contributed by atoms with Gasteiger partial charge in [-0.05, 0) is 39.6 Å². The lowest BCUT2D eigenvalue weighted by atomic mass is 10.1. The Bertz CT molecular complexity index is 512. The van der Waals surface area contributed by atoms with E-state index in [1.807, 2.05) is 0 Å². The first-order valence-corrected chi connectivity index (χ1v) is 5.71. The smallest absolute Gasteiger partial charge is 0.213 e. The zero-order valence-corrected chi connectivity index (χ0v) is 9.81. The van der Waals surface area contributed by atoms with E-state index < -0.39 is 5.82 Å². The van der Waals surface area contributed by atoms with E-state index in [-0.39, 0.29) is 5.78 Å². The molecule has 15 heavy (non-hydrogen) atoms. The molecule has 0 radical (unpaired) electrons. The lowest BCUT2D eigenvalue weighted by molar-refractivity contribution is 0.103. The molecule has 0 bridgehead atoms. The van der Waals surface area contributed by atoms with Gasteiger partial charge in [0.25, 0.3) is 0 Å². The molecule has 0 N–H and O–H groups in total. The van der Waals surface area contributed by atoms with Crippen LogP contribution in [0.3, 0.4) is 0 Å². The van der Waals surface area contributed by atoms with Gasteiger partial charge in [-0.1, -0.05) is 12.1 Å². The number of carbonyl (C=O) groups is 1. The Balaban J connectivity index is 2.41. The highest BCUT2D eigenvalue weighted by atomic mass is 79.9. The Hall–Kier alpha value is -1.07. The molecule has 2 nitrogen and oxygen atoms in total. The first-order chi connectivity index (χ1) is 7.18. The van der Waals surface area contributed by atoms with Gasteiger partial charge in [-0.25, -0.2) is 4.39 Å². The van der Waals surface area contributed by atoms with Crippen molar-refractivity contribution in [1.29, 1.82) is 0 Å². The molecular weight excluding hydrogens is 281 g/mol. The summed E-state index contributed by atoms with van der Waals surface area (Å²) in [6.45, 7) is 0. The number of carbonyl (C=O) groups excluding carboxylic acids is 1. The molecule has 2 rings (SSSR count). The van der Waals surface area contributed by atoms with E-state index in [2.05, 4.69) is 20.3 Å². The second-order valence-electron chi connectivity index (χ2n) is 2.85. The number of rotatable bonds is 2. The maximum atomic E-state index is 12.9. The summed E-state index contributed by atoms with van der Waals surface area (Å²) in [5, 5.41) is 1.71. The van der Waals surface area contributed by atoms with Gasteiger partial charge in [0, 0.05) is 10.9 Å². The number of ketones is 1. The van der Waals surface area contributed by atoms with Crippen LogP contribution in [0.25, 0.3) is 0 Å². The SMILES string of the molecule is O=C(c1cccc(F)c1)c1nscc1Br. The van der Waals surface area contributed by atoms with Crippen LogP contribution in [0.1, 0.15) is 16.1 Å². The van der Waals surface area contributed by atoms with Crippen LogP contribution in [0.15, 0.2) is 34.1 Å². The van der Waals surface area contributed by atoms with E-state index in [9.17, 15) is 9.18 Å². The molecule has 0 unspecified atom stereocenters. The lowest BCUT2D eigenvalue weighted by Crippen LogP contribution is -2.02. The minimum absolute atomic E-state index is 0.275. The predicted molar refractivity (Wildman–Crippen MR) is 59.6 cm³/mol. The molecule has 0 aliphatic carbocycles. The van der Waals surface area contributed by atoms with Crippen LogP contribution in [0.4, 0.5) is 4.39 Å². The summed E-state index contributed by atoms with van der Waals surface area (Å²) in [7, 11) is 0. The van der Waals surface area contributed by atoms with Crippen LogP contribution in [0, 0.1) is 5.82 Å². The largest absolute Gasteiger partial charge is 0.287 e. The molecule has 76 valence electrons. The van der Waals surface area contributed by atoms with Crippen molar-refractivity contribution in [1.82, 2.24) is 4.37 Å². The van der Waals surface area contributed by atoms with Gasteiger partial charge in [0.15, 0.2) is 0 Å². The van der Waals surface area contributed by atoms with Crippen LogP contribution < -0.4 is 0 Å². The van der Waals surface area contributed by atoms with Crippen LogP contribution in [0.2, 0.25) is 0 Å². The number of benzene rings is 1. The average Bonchev–Trinajstić information content (AvgIpc) is 2.63. The molecule has 0 saturated carbocycles. The van der Waals surface area contributed by atoms with Crippen LogP contribution in [-0.4, -0.2) is 10.2 Å². The maximum Gasteiger partial charge on any atom is 0.213 e. The topological polar surface area (TPSA) is 30.0 Å². The number of aromatic nitrogens is 1. The van der Waals surface area contributed by atoms with Gasteiger partial charge in [0.1, 0.15) is 11.5 Å². The quantitative estimate of drug-likeness (QED) is 0.793. The van der Waals surface area contributed by atoms with E-state index >= 15 is 0 Å². The van der Waals surface area contributed by atoms with Crippen molar-refractivity contribution in [2.45, 2.75) is 0 Å². The molecule has 0 fully saturated rings. The Kier molecular flexibility index (Phi) is 2.93. The van der Waals surface area contributed by atoms with Gasteiger partial charge in [0.05, 0.1) is 4.47 Å². The highest BCUT2D eigenvalue weighted by molar-refractivity contribution is 9.10. The fourth-order valence-electron chi connectivity index (χ4n) is 1.14. The zero-order valence-electron chi connectivity index (χ0n) is 7.41. The van der Waals surface area contributed by atoms with Crippen molar-refractivity contribution in [2.24, 2.45) is 0 Å². The molecule has 1 heterocycles. The molecule has 0 aliphatic heterocycles. The molecule has 0 atom stereocenters. The van der Waals surface area contributed by atoms with Crippen LogP contribution >= 0.6 is 27.5 Å². The van der Waals surface area contributed by atoms with Gasteiger partial charge in [-0.2, -0.15) is 4.37 Å². The molecular formula is C10H5BrFNOS. The van der Waals surface area contributed by atoms with Gasteiger partial charge < -0.3 is 0 Å². The lowest BCUT2D eigenvalue weighted by Gasteiger charge is -1.97. The summed E-state index contributed by atoms with van der Waals surface area (Å²) in [5.74, 6) is -0.699. The standard InChI is InChI=1S/C10H5BrFNOS/c11-8-5-15-13-9(8)10(14)6-2-1-3-7(12)4-6/h1-5H. The normalized spacial score (nSPS) is 10.3. The van der Waals surface area contributed by atoms with E-state index in [1.165, 1.54) is 29.7 Å². The Labute approximate surface area is 98.0 Å². The fraction of sp³-hybridized carbons (Fsp3) is 0. The van der Waals surface area contributed by atoms with Gasteiger partial charge in [0.2, 0.25) is 5.78 Å². The third kappa shape index (κ3) is 2.13. The molecule has 0 aliphatic rings. The number of hydrogen-bond acceptors (Lipinski definition) is 3. The van der Waals surface area contributed by atoms with Crippen molar-refractivity contribution in [2.75, 3.05) is 0 Å². The number of nitrogens with zero attached hydrogens (tertiary/aromatic N) is 1. The molecule has 1 aromatic carbocycles. The number of halogens is 2. The van der Waals surface area contributed by atoms with Gasteiger partial charge in [-0.15, -0.1) is 0 Å². The predicted octanol–water partition coefficient (Wildman–Crippen LogP) is 3.28. The molecule has 2 aromatic rings. The van der Waals surface area contributed by atoms with Gasteiger partial charge in [-0.3, -0.25) is 4.79 Å². The Morgan fingerprint density at radius 2 is 2.27 bits per heavy atom. The fourth-order valence-corrected chi connectivity index (χ4v) is 2.32. The summed E-state index contributed by atoms with van der Waals surface area (Å²) < 4.78 is 17.5. The Morgan fingerprint density at radius 3 is 2.87 bits per heavy atom. The monoisotopic (exact) mass is 285 g/mol. The van der Waals surface area contributed by atoms with Gasteiger partial charge >= 0.3 is 0 Å². The first kappa shape index (κ1) is 10.4. The third-order valence-corrected chi connectivity index (χ3v) is 3.36. The van der Waals surface area contributed by atoms with E-state index in [0.29, 0.717) is 15.7 Å².